The minimum atomic E-state index is -4.04. The van der Waals surface area contributed by atoms with Crippen LogP contribution in [0.3, 0.4) is 0 Å². The standard InChI is InChI=1S/C18H20FNO4S/c1-13(2)14-4-8-16(9-5-14)20(12-18(21)24-3)25(22,23)17-10-6-15(19)7-11-17/h4-11,13H,12H2,1-3H3. The molecule has 0 amide bonds. The lowest BCUT2D eigenvalue weighted by molar-refractivity contribution is -0.138. The average Bonchev–Trinajstić information content (AvgIpc) is 2.59. The van der Waals surface area contributed by atoms with Crippen molar-refractivity contribution in [3.63, 3.8) is 0 Å². The highest BCUT2D eigenvalue weighted by Gasteiger charge is 2.27. The van der Waals surface area contributed by atoms with Gasteiger partial charge in [0.1, 0.15) is 12.4 Å². The number of methoxy groups -OCH3 is 1. The predicted molar refractivity (Wildman–Crippen MR) is 93.5 cm³/mol. The highest BCUT2D eigenvalue weighted by molar-refractivity contribution is 7.92. The summed E-state index contributed by atoms with van der Waals surface area (Å²) in [6.45, 7) is 3.57. The maximum atomic E-state index is 13.1. The van der Waals surface area contributed by atoms with Gasteiger partial charge in [-0.3, -0.25) is 9.10 Å². The van der Waals surface area contributed by atoms with Crippen LogP contribution < -0.4 is 4.31 Å². The Morgan fingerprint density at radius 2 is 1.64 bits per heavy atom. The molecule has 0 aliphatic carbocycles. The summed E-state index contributed by atoms with van der Waals surface area (Å²) in [4.78, 5) is 11.6. The first-order valence-electron chi connectivity index (χ1n) is 7.71. The molecular weight excluding hydrogens is 345 g/mol. The summed E-state index contributed by atoms with van der Waals surface area (Å²) in [5.74, 6) is -0.949. The molecule has 0 radical (unpaired) electrons. The number of ether oxygens (including phenoxy) is 1. The molecule has 0 aliphatic heterocycles. The quantitative estimate of drug-likeness (QED) is 0.737. The molecule has 134 valence electrons. The van der Waals surface area contributed by atoms with E-state index >= 15 is 0 Å². The minimum Gasteiger partial charge on any atom is -0.468 e. The van der Waals surface area contributed by atoms with Crippen LogP contribution in [0.15, 0.2) is 53.4 Å². The second-order valence-electron chi connectivity index (χ2n) is 5.79. The molecule has 0 heterocycles. The fraction of sp³-hybridized carbons (Fsp3) is 0.278. The summed E-state index contributed by atoms with van der Waals surface area (Å²) in [5, 5.41) is 0. The summed E-state index contributed by atoms with van der Waals surface area (Å²) >= 11 is 0. The molecule has 2 rings (SSSR count). The minimum absolute atomic E-state index is 0.106. The summed E-state index contributed by atoms with van der Waals surface area (Å²) in [6.07, 6.45) is 0. The van der Waals surface area contributed by atoms with Gasteiger partial charge >= 0.3 is 5.97 Å². The van der Waals surface area contributed by atoms with Crippen LogP contribution in [0.5, 0.6) is 0 Å². The number of hydrogen-bond acceptors (Lipinski definition) is 4. The number of benzene rings is 2. The van der Waals surface area contributed by atoms with Crippen molar-refractivity contribution in [3.8, 4) is 0 Å². The number of sulfonamides is 1. The lowest BCUT2D eigenvalue weighted by Gasteiger charge is -2.23. The van der Waals surface area contributed by atoms with E-state index in [-0.39, 0.29) is 10.8 Å². The van der Waals surface area contributed by atoms with E-state index in [0.717, 1.165) is 34.1 Å². The molecular formula is C18H20FNO4S. The van der Waals surface area contributed by atoms with Gasteiger partial charge in [0.2, 0.25) is 0 Å². The van der Waals surface area contributed by atoms with Crippen LogP contribution >= 0.6 is 0 Å². The molecule has 2 aromatic rings. The van der Waals surface area contributed by atoms with Gasteiger partial charge < -0.3 is 4.74 Å². The van der Waals surface area contributed by atoms with Gasteiger partial charge in [0.05, 0.1) is 17.7 Å². The van der Waals surface area contributed by atoms with E-state index in [0.29, 0.717) is 5.69 Å². The predicted octanol–water partition coefficient (Wildman–Crippen LogP) is 3.32. The number of hydrogen-bond donors (Lipinski definition) is 0. The van der Waals surface area contributed by atoms with Crippen molar-refractivity contribution in [1.82, 2.24) is 0 Å². The monoisotopic (exact) mass is 365 g/mol. The Labute approximate surface area is 147 Å². The molecule has 0 unspecified atom stereocenters. The van der Waals surface area contributed by atoms with Crippen LogP contribution in [-0.4, -0.2) is 28.0 Å². The van der Waals surface area contributed by atoms with Gasteiger partial charge in [-0.15, -0.1) is 0 Å². The Balaban J connectivity index is 2.48. The van der Waals surface area contributed by atoms with Gasteiger partial charge in [-0.2, -0.15) is 0 Å². The summed E-state index contributed by atoms with van der Waals surface area (Å²) in [6, 6.07) is 11.3. The number of halogens is 1. The molecule has 0 saturated carbocycles. The van der Waals surface area contributed by atoms with E-state index in [1.54, 1.807) is 12.1 Å². The van der Waals surface area contributed by atoms with E-state index in [2.05, 4.69) is 4.74 Å². The summed E-state index contributed by atoms with van der Waals surface area (Å²) in [7, 11) is -2.86. The van der Waals surface area contributed by atoms with Gasteiger partial charge in [-0.05, 0) is 47.9 Å². The zero-order valence-corrected chi connectivity index (χ0v) is 15.1. The Bertz CT molecular complexity index is 830. The van der Waals surface area contributed by atoms with E-state index in [4.69, 9.17) is 0 Å². The smallest absolute Gasteiger partial charge is 0.326 e. The van der Waals surface area contributed by atoms with Crippen LogP contribution in [0.1, 0.15) is 25.3 Å². The molecule has 2 aromatic carbocycles. The van der Waals surface area contributed by atoms with Gasteiger partial charge in [0.15, 0.2) is 0 Å². The van der Waals surface area contributed by atoms with Crippen molar-refractivity contribution in [2.24, 2.45) is 0 Å². The normalized spacial score (nSPS) is 11.4. The van der Waals surface area contributed by atoms with E-state index < -0.39 is 28.4 Å². The molecule has 25 heavy (non-hydrogen) atoms. The van der Waals surface area contributed by atoms with Crippen molar-refractivity contribution in [2.45, 2.75) is 24.7 Å². The lowest BCUT2D eigenvalue weighted by atomic mass is 10.0. The first kappa shape index (κ1) is 18.9. The fourth-order valence-electron chi connectivity index (χ4n) is 2.26. The molecule has 0 fully saturated rings. The molecule has 5 nitrogen and oxygen atoms in total. The maximum Gasteiger partial charge on any atom is 0.326 e. The van der Waals surface area contributed by atoms with Crippen LogP contribution in [0.25, 0.3) is 0 Å². The Kier molecular flexibility index (Phi) is 5.79. The van der Waals surface area contributed by atoms with Gasteiger partial charge in [0.25, 0.3) is 10.0 Å². The zero-order valence-electron chi connectivity index (χ0n) is 14.3. The highest BCUT2D eigenvalue weighted by Crippen LogP contribution is 2.26. The third kappa shape index (κ3) is 4.36. The maximum absolute atomic E-state index is 13.1. The summed E-state index contributed by atoms with van der Waals surface area (Å²) < 4.78 is 44.5. The number of carbonyl (C=O) groups is 1. The van der Waals surface area contributed by atoms with Crippen molar-refractivity contribution >= 4 is 21.7 Å². The molecule has 0 N–H and O–H groups in total. The van der Waals surface area contributed by atoms with Crippen LogP contribution in [0.2, 0.25) is 0 Å². The van der Waals surface area contributed by atoms with Crippen molar-refractivity contribution in [1.29, 1.82) is 0 Å². The lowest BCUT2D eigenvalue weighted by Crippen LogP contribution is -2.36. The van der Waals surface area contributed by atoms with Gasteiger partial charge in [-0.25, -0.2) is 12.8 Å². The number of carbonyl (C=O) groups excluding carboxylic acids is 1. The number of nitrogens with zero attached hydrogens (tertiary/aromatic N) is 1. The molecule has 0 saturated heterocycles. The van der Waals surface area contributed by atoms with Crippen LogP contribution in [0, 0.1) is 5.82 Å². The fourth-order valence-corrected chi connectivity index (χ4v) is 3.67. The molecule has 0 spiro atoms. The van der Waals surface area contributed by atoms with Gasteiger partial charge in [-0.1, -0.05) is 26.0 Å². The second-order valence-corrected chi connectivity index (χ2v) is 7.65. The zero-order chi connectivity index (χ0) is 18.6. The SMILES string of the molecule is COC(=O)CN(c1ccc(C(C)C)cc1)S(=O)(=O)c1ccc(F)cc1. The first-order chi connectivity index (χ1) is 11.8. The summed E-state index contributed by atoms with van der Waals surface area (Å²) in [5.41, 5.74) is 1.38. The van der Waals surface area contributed by atoms with Crippen LogP contribution in [0.4, 0.5) is 10.1 Å². The average molecular weight is 365 g/mol. The Morgan fingerprint density at radius 3 is 2.12 bits per heavy atom. The first-order valence-corrected chi connectivity index (χ1v) is 9.15. The molecule has 0 bridgehead atoms. The van der Waals surface area contributed by atoms with Crippen LogP contribution in [-0.2, 0) is 19.6 Å². The molecule has 7 heteroatoms. The highest BCUT2D eigenvalue weighted by atomic mass is 32.2. The van der Waals surface area contributed by atoms with E-state index in [9.17, 15) is 17.6 Å². The topological polar surface area (TPSA) is 63.7 Å². The van der Waals surface area contributed by atoms with Gasteiger partial charge in [0, 0.05) is 0 Å². The number of rotatable bonds is 6. The molecule has 0 aliphatic rings. The Hall–Kier alpha value is -2.41. The molecule has 0 atom stereocenters. The van der Waals surface area contributed by atoms with E-state index in [1.807, 2.05) is 26.0 Å². The van der Waals surface area contributed by atoms with Crippen molar-refractivity contribution < 1.29 is 22.3 Å². The van der Waals surface area contributed by atoms with Crippen molar-refractivity contribution in [2.75, 3.05) is 18.0 Å². The Morgan fingerprint density at radius 1 is 1.08 bits per heavy atom. The van der Waals surface area contributed by atoms with Crippen molar-refractivity contribution in [3.05, 3.63) is 59.9 Å². The molecule has 0 aromatic heterocycles. The third-order valence-corrected chi connectivity index (χ3v) is 5.54. The van der Waals surface area contributed by atoms with E-state index in [1.165, 1.54) is 7.11 Å². The third-order valence-electron chi connectivity index (χ3n) is 3.75. The second kappa shape index (κ2) is 7.65. The number of anilines is 1. The largest absolute Gasteiger partial charge is 0.468 e. The number of esters is 1.